The third-order valence-electron chi connectivity index (χ3n) is 3.16. The summed E-state index contributed by atoms with van der Waals surface area (Å²) in [6, 6.07) is 2.48. The Hall–Kier alpha value is -0.580. The predicted molar refractivity (Wildman–Crippen MR) is 79.4 cm³/mol. The lowest BCUT2D eigenvalue weighted by atomic mass is 10.0. The molecule has 0 amide bonds. The van der Waals surface area contributed by atoms with Crippen molar-refractivity contribution in [2.45, 2.75) is 45.1 Å². The summed E-state index contributed by atoms with van der Waals surface area (Å²) in [5, 5.41) is 3.78. The zero-order chi connectivity index (χ0) is 12.8. The Balaban J connectivity index is 0.00000180. The first-order chi connectivity index (χ1) is 8.74. The number of hydrogen-bond acceptors (Lipinski definition) is 4. The summed E-state index contributed by atoms with van der Waals surface area (Å²) in [7, 11) is 0. The van der Waals surface area contributed by atoms with Gasteiger partial charge in [0.15, 0.2) is 0 Å². The third-order valence-corrected chi connectivity index (χ3v) is 3.33. The molecule has 1 unspecified atom stereocenters. The van der Waals surface area contributed by atoms with Gasteiger partial charge in [-0.25, -0.2) is 4.98 Å². The zero-order valence-corrected chi connectivity index (χ0v) is 12.8. The average molecular weight is 306 g/mol. The van der Waals surface area contributed by atoms with Gasteiger partial charge in [-0.05, 0) is 50.8 Å². The fourth-order valence-corrected chi connectivity index (χ4v) is 2.47. The van der Waals surface area contributed by atoms with Gasteiger partial charge in [0.05, 0.1) is 6.61 Å². The van der Waals surface area contributed by atoms with E-state index in [4.69, 9.17) is 16.3 Å². The average Bonchev–Trinajstić information content (AvgIpc) is 2.35. The van der Waals surface area contributed by atoms with Crippen molar-refractivity contribution in [1.29, 1.82) is 0 Å². The van der Waals surface area contributed by atoms with Crippen molar-refractivity contribution in [1.82, 2.24) is 15.3 Å². The molecule has 108 valence electrons. The van der Waals surface area contributed by atoms with Crippen LogP contribution in [0.3, 0.4) is 0 Å². The number of rotatable bonds is 5. The highest BCUT2D eigenvalue weighted by atomic mass is 35.5. The molecular formula is C13H21Cl2N3O. The number of hydrogen-bond donors (Lipinski definition) is 1. The summed E-state index contributed by atoms with van der Waals surface area (Å²) >= 11 is 5.77. The van der Waals surface area contributed by atoms with Gasteiger partial charge in [0.2, 0.25) is 11.2 Å². The van der Waals surface area contributed by atoms with Crippen LogP contribution in [-0.4, -0.2) is 29.2 Å². The Morgan fingerprint density at radius 1 is 1.42 bits per heavy atom. The second kappa shape index (κ2) is 8.56. The molecule has 0 aromatic carbocycles. The number of ether oxygens (including phenoxy) is 1. The van der Waals surface area contributed by atoms with Crippen molar-refractivity contribution in [2.75, 3.05) is 13.2 Å². The zero-order valence-electron chi connectivity index (χ0n) is 11.2. The van der Waals surface area contributed by atoms with Gasteiger partial charge in [0, 0.05) is 17.8 Å². The van der Waals surface area contributed by atoms with Crippen LogP contribution in [0.4, 0.5) is 0 Å². The molecule has 1 N–H and O–H groups in total. The molecular weight excluding hydrogens is 285 g/mol. The molecule has 19 heavy (non-hydrogen) atoms. The molecule has 1 aliphatic rings. The van der Waals surface area contributed by atoms with E-state index in [0.29, 0.717) is 18.5 Å². The van der Waals surface area contributed by atoms with E-state index in [1.807, 2.05) is 13.0 Å². The van der Waals surface area contributed by atoms with Crippen LogP contribution in [0.15, 0.2) is 6.07 Å². The van der Waals surface area contributed by atoms with Crippen LogP contribution in [0, 0.1) is 6.92 Å². The molecule has 2 heterocycles. The normalized spacial score (nSPS) is 18.7. The highest BCUT2D eigenvalue weighted by Crippen LogP contribution is 2.14. The third kappa shape index (κ3) is 5.93. The topological polar surface area (TPSA) is 47.0 Å². The number of aromatic nitrogens is 2. The second-order valence-corrected chi connectivity index (χ2v) is 5.09. The van der Waals surface area contributed by atoms with E-state index in [2.05, 4.69) is 15.3 Å². The minimum absolute atomic E-state index is 0. The minimum atomic E-state index is 0. The molecule has 0 bridgehead atoms. The number of nitrogens with zero attached hydrogens (tertiary/aromatic N) is 2. The summed E-state index contributed by atoms with van der Waals surface area (Å²) in [5.41, 5.74) is 0.832. The lowest BCUT2D eigenvalue weighted by Crippen LogP contribution is -2.34. The van der Waals surface area contributed by atoms with Gasteiger partial charge in [-0.1, -0.05) is 6.42 Å². The van der Waals surface area contributed by atoms with E-state index in [1.165, 1.54) is 19.3 Å². The fraction of sp³-hybridized carbons (Fsp3) is 0.692. The van der Waals surface area contributed by atoms with Crippen LogP contribution < -0.4 is 10.1 Å². The van der Waals surface area contributed by atoms with Gasteiger partial charge in [-0.3, -0.25) is 0 Å². The van der Waals surface area contributed by atoms with Crippen molar-refractivity contribution >= 4 is 24.0 Å². The predicted octanol–water partition coefficient (Wildman–Crippen LogP) is 3.16. The summed E-state index contributed by atoms with van der Waals surface area (Å²) in [6.45, 7) is 3.73. The summed E-state index contributed by atoms with van der Waals surface area (Å²) in [6.07, 6.45) is 6.15. The Kier molecular flexibility index (Phi) is 7.42. The maximum atomic E-state index is 5.77. The van der Waals surface area contributed by atoms with Gasteiger partial charge in [-0.15, -0.1) is 12.4 Å². The molecule has 0 spiro atoms. The van der Waals surface area contributed by atoms with Crippen molar-refractivity contribution in [3.8, 4) is 5.88 Å². The first-order valence-electron chi connectivity index (χ1n) is 6.61. The molecule has 1 fully saturated rings. The van der Waals surface area contributed by atoms with Crippen LogP contribution in [0.2, 0.25) is 5.28 Å². The molecule has 2 rings (SSSR count). The quantitative estimate of drug-likeness (QED) is 0.670. The number of aryl methyl sites for hydroxylation is 1. The first-order valence-corrected chi connectivity index (χ1v) is 6.99. The lowest BCUT2D eigenvalue weighted by Gasteiger charge is -2.23. The highest BCUT2D eigenvalue weighted by molar-refractivity contribution is 6.28. The number of nitrogens with one attached hydrogen (secondary N) is 1. The smallest absolute Gasteiger partial charge is 0.225 e. The molecule has 1 aromatic rings. The maximum Gasteiger partial charge on any atom is 0.225 e. The second-order valence-electron chi connectivity index (χ2n) is 4.75. The van der Waals surface area contributed by atoms with Gasteiger partial charge in [-0.2, -0.15) is 4.98 Å². The summed E-state index contributed by atoms with van der Waals surface area (Å²) in [5.74, 6) is 0.573. The maximum absolute atomic E-state index is 5.77. The molecule has 0 radical (unpaired) electrons. The van der Waals surface area contributed by atoms with E-state index < -0.39 is 0 Å². The molecule has 4 nitrogen and oxygen atoms in total. The van der Waals surface area contributed by atoms with E-state index in [0.717, 1.165) is 25.1 Å². The molecule has 1 aliphatic heterocycles. The SMILES string of the molecule is Cc1cc(OCCCC2CCCCN2)nc(Cl)n1.Cl. The van der Waals surface area contributed by atoms with Crippen LogP contribution in [0.1, 0.15) is 37.8 Å². The van der Waals surface area contributed by atoms with E-state index >= 15 is 0 Å². The van der Waals surface area contributed by atoms with Crippen molar-refractivity contribution in [3.05, 3.63) is 17.0 Å². The standard InChI is InChI=1S/C13H20ClN3O.ClH/c1-10-9-12(17-13(14)16-10)18-8-4-6-11-5-2-3-7-15-11;/h9,11,15H,2-8H2,1H3;1H. The van der Waals surface area contributed by atoms with Gasteiger partial charge >= 0.3 is 0 Å². The van der Waals surface area contributed by atoms with Crippen LogP contribution in [0.25, 0.3) is 0 Å². The van der Waals surface area contributed by atoms with E-state index in [-0.39, 0.29) is 17.7 Å². The highest BCUT2D eigenvalue weighted by Gasteiger charge is 2.11. The molecule has 6 heteroatoms. The molecule has 0 saturated carbocycles. The Morgan fingerprint density at radius 2 is 2.26 bits per heavy atom. The fourth-order valence-electron chi connectivity index (χ4n) is 2.26. The summed E-state index contributed by atoms with van der Waals surface area (Å²) < 4.78 is 5.60. The van der Waals surface area contributed by atoms with E-state index in [1.54, 1.807) is 0 Å². The number of halogens is 2. The Morgan fingerprint density at radius 3 is 2.95 bits per heavy atom. The molecule has 1 aromatic heterocycles. The van der Waals surface area contributed by atoms with Crippen molar-refractivity contribution in [3.63, 3.8) is 0 Å². The summed E-state index contributed by atoms with van der Waals surface area (Å²) in [4.78, 5) is 8.04. The van der Waals surface area contributed by atoms with Crippen molar-refractivity contribution in [2.24, 2.45) is 0 Å². The first kappa shape index (κ1) is 16.5. The molecule has 1 atom stereocenters. The van der Waals surface area contributed by atoms with Crippen molar-refractivity contribution < 1.29 is 4.74 Å². The van der Waals surface area contributed by atoms with Crippen LogP contribution in [-0.2, 0) is 0 Å². The minimum Gasteiger partial charge on any atom is -0.478 e. The monoisotopic (exact) mass is 305 g/mol. The van der Waals surface area contributed by atoms with Crippen LogP contribution in [0.5, 0.6) is 5.88 Å². The van der Waals surface area contributed by atoms with Gasteiger partial charge in [0.1, 0.15) is 0 Å². The Bertz CT molecular complexity index is 364. The van der Waals surface area contributed by atoms with Gasteiger partial charge in [0.25, 0.3) is 0 Å². The Labute approximate surface area is 125 Å². The van der Waals surface area contributed by atoms with Gasteiger partial charge < -0.3 is 10.1 Å². The lowest BCUT2D eigenvalue weighted by molar-refractivity contribution is 0.276. The van der Waals surface area contributed by atoms with Crippen LogP contribution >= 0.6 is 24.0 Å². The van der Waals surface area contributed by atoms with E-state index in [9.17, 15) is 0 Å². The largest absolute Gasteiger partial charge is 0.478 e. The molecule has 1 saturated heterocycles. The number of piperidine rings is 1. The molecule has 0 aliphatic carbocycles.